The maximum Gasteiger partial charge on any atom is 0.293 e. The summed E-state index contributed by atoms with van der Waals surface area (Å²) in [6.45, 7) is 4.25. The standard InChI is InChI=1S/C12H17N3O3/c1-4-5-14-12(16)9-7-11(15(17)18)10(13-3)6-8(9)2/h6-7,13H,4-5H2,1-3H3,(H,14,16). The van der Waals surface area contributed by atoms with Crippen LogP contribution in [0.1, 0.15) is 29.3 Å². The quantitative estimate of drug-likeness (QED) is 0.620. The molecule has 2 N–H and O–H groups in total. The van der Waals surface area contributed by atoms with Crippen LogP contribution >= 0.6 is 0 Å². The molecular formula is C12H17N3O3. The average Bonchev–Trinajstić information content (AvgIpc) is 2.34. The zero-order chi connectivity index (χ0) is 13.7. The first-order valence-electron chi connectivity index (χ1n) is 5.76. The number of nitrogens with one attached hydrogen (secondary N) is 2. The van der Waals surface area contributed by atoms with Gasteiger partial charge in [-0.05, 0) is 25.0 Å². The van der Waals surface area contributed by atoms with E-state index >= 15 is 0 Å². The number of rotatable bonds is 5. The van der Waals surface area contributed by atoms with Crippen molar-refractivity contribution >= 4 is 17.3 Å². The van der Waals surface area contributed by atoms with Gasteiger partial charge in [-0.3, -0.25) is 14.9 Å². The summed E-state index contributed by atoms with van der Waals surface area (Å²) in [7, 11) is 1.61. The van der Waals surface area contributed by atoms with Gasteiger partial charge in [0.1, 0.15) is 5.69 Å². The van der Waals surface area contributed by atoms with Gasteiger partial charge in [-0.25, -0.2) is 0 Å². The van der Waals surface area contributed by atoms with E-state index in [4.69, 9.17) is 0 Å². The Balaban J connectivity index is 3.17. The van der Waals surface area contributed by atoms with Crippen molar-refractivity contribution in [1.29, 1.82) is 0 Å². The predicted molar refractivity (Wildman–Crippen MR) is 70.0 cm³/mol. The smallest absolute Gasteiger partial charge is 0.293 e. The zero-order valence-corrected chi connectivity index (χ0v) is 10.7. The summed E-state index contributed by atoms with van der Waals surface area (Å²) in [5.41, 5.74) is 1.36. The Morgan fingerprint density at radius 1 is 1.44 bits per heavy atom. The molecular weight excluding hydrogens is 234 g/mol. The molecule has 0 bridgehead atoms. The van der Waals surface area contributed by atoms with Crippen LogP contribution in [0.3, 0.4) is 0 Å². The summed E-state index contributed by atoms with van der Waals surface area (Å²) in [6, 6.07) is 2.92. The molecule has 1 aromatic carbocycles. The van der Waals surface area contributed by atoms with Gasteiger partial charge in [0.15, 0.2) is 0 Å². The van der Waals surface area contributed by atoms with Crippen molar-refractivity contribution in [3.63, 3.8) is 0 Å². The maximum atomic E-state index is 11.8. The Labute approximate surface area is 106 Å². The van der Waals surface area contributed by atoms with E-state index in [1.807, 2.05) is 6.92 Å². The van der Waals surface area contributed by atoms with Gasteiger partial charge in [0.2, 0.25) is 0 Å². The van der Waals surface area contributed by atoms with Crippen LogP contribution in [0, 0.1) is 17.0 Å². The lowest BCUT2D eigenvalue weighted by Gasteiger charge is -2.09. The molecule has 0 aliphatic carbocycles. The molecule has 0 unspecified atom stereocenters. The van der Waals surface area contributed by atoms with Crippen LogP contribution in [0.5, 0.6) is 0 Å². The number of carbonyl (C=O) groups excluding carboxylic acids is 1. The Hall–Kier alpha value is -2.11. The summed E-state index contributed by atoms with van der Waals surface area (Å²) < 4.78 is 0. The van der Waals surface area contributed by atoms with Crippen LogP contribution in [-0.2, 0) is 0 Å². The van der Waals surface area contributed by atoms with Gasteiger partial charge < -0.3 is 10.6 Å². The topological polar surface area (TPSA) is 84.3 Å². The minimum Gasteiger partial charge on any atom is -0.383 e. The third-order valence-corrected chi connectivity index (χ3v) is 2.59. The Morgan fingerprint density at radius 2 is 2.11 bits per heavy atom. The van der Waals surface area contributed by atoms with Crippen molar-refractivity contribution in [1.82, 2.24) is 5.32 Å². The van der Waals surface area contributed by atoms with Gasteiger partial charge in [0, 0.05) is 25.2 Å². The van der Waals surface area contributed by atoms with Gasteiger partial charge in [0.25, 0.3) is 11.6 Å². The van der Waals surface area contributed by atoms with E-state index in [-0.39, 0.29) is 11.6 Å². The normalized spacial score (nSPS) is 9.94. The Bertz CT molecular complexity index is 472. The monoisotopic (exact) mass is 251 g/mol. The molecule has 0 saturated heterocycles. The van der Waals surface area contributed by atoms with Crippen LogP contribution in [0.2, 0.25) is 0 Å². The number of benzene rings is 1. The van der Waals surface area contributed by atoms with E-state index in [2.05, 4.69) is 10.6 Å². The minimum atomic E-state index is -0.498. The molecule has 0 aliphatic rings. The summed E-state index contributed by atoms with van der Waals surface area (Å²) >= 11 is 0. The second kappa shape index (κ2) is 6.00. The number of carbonyl (C=O) groups is 1. The average molecular weight is 251 g/mol. The van der Waals surface area contributed by atoms with E-state index in [0.717, 1.165) is 6.42 Å². The fraction of sp³-hybridized carbons (Fsp3) is 0.417. The molecule has 0 atom stereocenters. The lowest BCUT2D eigenvalue weighted by molar-refractivity contribution is -0.384. The van der Waals surface area contributed by atoms with Crippen molar-refractivity contribution in [2.24, 2.45) is 0 Å². The number of anilines is 1. The molecule has 1 rings (SSSR count). The highest BCUT2D eigenvalue weighted by atomic mass is 16.6. The van der Waals surface area contributed by atoms with E-state index < -0.39 is 4.92 Å². The summed E-state index contributed by atoms with van der Waals surface area (Å²) in [4.78, 5) is 22.3. The molecule has 98 valence electrons. The van der Waals surface area contributed by atoms with Gasteiger partial charge in [-0.15, -0.1) is 0 Å². The molecule has 0 radical (unpaired) electrons. The van der Waals surface area contributed by atoms with Gasteiger partial charge in [0.05, 0.1) is 4.92 Å². The highest BCUT2D eigenvalue weighted by molar-refractivity contribution is 5.97. The molecule has 0 fully saturated rings. The molecule has 6 nitrogen and oxygen atoms in total. The second-order valence-corrected chi connectivity index (χ2v) is 3.95. The van der Waals surface area contributed by atoms with Crippen LogP contribution in [-0.4, -0.2) is 24.4 Å². The minimum absolute atomic E-state index is 0.0928. The number of hydrogen-bond donors (Lipinski definition) is 2. The summed E-state index contributed by atoms with van der Waals surface area (Å²) in [5.74, 6) is -0.278. The van der Waals surface area contributed by atoms with Crippen LogP contribution in [0.15, 0.2) is 12.1 Å². The zero-order valence-electron chi connectivity index (χ0n) is 10.7. The van der Waals surface area contributed by atoms with Crippen LogP contribution < -0.4 is 10.6 Å². The molecule has 1 aromatic rings. The third kappa shape index (κ3) is 2.97. The van der Waals surface area contributed by atoms with Gasteiger partial charge in [-0.1, -0.05) is 6.92 Å². The van der Waals surface area contributed by atoms with Crippen molar-refractivity contribution in [2.75, 3.05) is 18.9 Å². The van der Waals surface area contributed by atoms with Crippen LogP contribution in [0.25, 0.3) is 0 Å². The second-order valence-electron chi connectivity index (χ2n) is 3.95. The van der Waals surface area contributed by atoms with E-state index in [9.17, 15) is 14.9 Å². The number of hydrogen-bond acceptors (Lipinski definition) is 4. The summed E-state index contributed by atoms with van der Waals surface area (Å²) in [6.07, 6.45) is 0.821. The highest BCUT2D eigenvalue weighted by Crippen LogP contribution is 2.27. The van der Waals surface area contributed by atoms with Gasteiger partial charge >= 0.3 is 0 Å². The lowest BCUT2D eigenvalue weighted by Crippen LogP contribution is -2.25. The first-order valence-corrected chi connectivity index (χ1v) is 5.76. The molecule has 1 amide bonds. The number of nitrogens with zero attached hydrogens (tertiary/aromatic N) is 1. The van der Waals surface area contributed by atoms with Crippen molar-refractivity contribution in [3.8, 4) is 0 Å². The highest BCUT2D eigenvalue weighted by Gasteiger charge is 2.19. The number of nitro groups is 1. The number of nitro benzene ring substituents is 1. The fourth-order valence-corrected chi connectivity index (χ4v) is 1.63. The molecule has 0 heterocycles. The molecule has 0 aliphatic heterocycles. The molecule has 6 heteroatoms. The molecule has 18 heavy (non-hydrogen) atoms. The van der Waals surface area contributed by atoms with E-state index in [1.165, 1.54) is 6.07 Å². The number of aryl methyl sites for hydroxylation is 1. The Morgan fingerprint density at radius 3 is 2.61 bits per heavy atom. The first-order chi connectivity index (χ1) is 8.51. The SMILES string of the molecule is CCCNC(=O)c1cc([N+](=O)[O-])c(NC)cc1C. The fourth-order valence-electron chi connectivity index (χ4n) is 1.63. The van der Waals surface area contributed by atoms with E-state index in [0.29, 0.717) is 23.4 Å². The van der Waals surface area contributed by atoms with Crippen LogP contribution in [0.4, 0.5) is 11.4 Å². The third-order valence-electron chi connectivity index (χ3n) is 2.59. The Kier molecular flexibility index (Phi) is 4.65. The molecule has 0 aromatic heterocycles. The van der Waals surface area contributed by atoms with Crippen molar-refractivity contribution < 1.29 is 9.72 Å². The molecule has 0 saturated carbocycles. The lowest BCUT2D eigenvalue weighted by atomic mass is 10.1. The van der Waals surface area contributed by atoms with Gasteiger partial charge in [-0.2, -0.15) is 0 Å². The maximum absolute atomic E-state index is 11.8. The summed E-state index contributed by atoms with van der Waals surface area (Å²) in [5, 5.41) is 16.4. The number of amides is 1. The first kappa shape index (κ1) is 14.0. The largest absolute Gasteiger partial charge is 0.383 e. The van der Waals surface area contributed by atoms with Crippen molar-refractivity contribution in [2.45, 2.75) is 20.3 Å². The molecule has 0 spiro atoms. The predicted octanol–water partition coefficient (Wildman–Crippen LogP) is 2.08. The van der Waals surface area contributed by atoms with E-state index in [1.54, 1.807) is 20.0 Å². The van der Waals surface area contributed by atoms with Crippen molar-refractivity contribution in [3.05, 3.63) is 33.4 Å².